The van der Waals surface area contributed by atoms with Crippen LogP contribution < -0.4 is 26.8 Å². The molecule has 5 nitrogen and oxygen atoms in total. The summed E-state index contributed by atoms with van der Waals surface area (Å²) in [5.74, 6) is 1.30. The van der Waals surface area contributed by atoms with E-state index in [2.05, 4.69) is 33.7 Å². The van der Waals surface area contributed by atoms with Crippen molar-refractivity contribution < 1.29 is 36.3 Å². The Morgan fingerprint density at radius 3 is 2.43 bits per heavy atom. The molecule has 0 bridgehead atoms. The molecule has 186 valence electrons. The van der Waals surface area contributed by atoms with Crippen LogP contribution in [-0.4, -0.2) is 44.9 Å². The lowest BCUT2D eigenvalue weighted by atomic mass is 9.91. The fourth-order valence-electron chi connectivity index (χ4n) is 4.63. The number of hydrogen-bond donors (Lipinski definition) is 1. The maximum Gasteiger partial charge on any atom is 0.311 e. The number of esters is 1. The molecule has 0 saturated carbocycles. The quantitative estimate of drug-likeness (QED) is 0.468. The molecule has 0 amide bonds. The lowest BCUT2D eigenvalue weighted by Gasteiger charge is -2.27. The Labute approximate surface area is 220 Å². The minimum atomic E-state index is -0.262. The highest BCUT2D eigenvalue weighted by Gasteiger charge is 2.25. The molecule has 1 aromatic carbocycles. The topological polar surface area (TPSA) is 49.2 Å². The SMILES string of the molecule is Cc1ccc2c(c1)OCC(COC(=O)CC[NH+]1CCC(=C(c3ccsc3)c3ccsc3)CC1)O2.[Cl-]. The van der Waals surface area contributed by atoms with Crippen molar-refractivity contribution >= 4 is 34.2 Å². The molecule has 0 spiro atoms. The first kappa shape index (κ1) is 25.8. The fourth-order valence-corrected chi connectivity index (χ4v) is 5.93. The van der Waals surface area contributed by atoms with Crippen molar-refractivity contribution in [3.63, 3.8) is 0 Å². The first-order chi connectivity index (χ1) is 16.7. The minimum absolute atomic E-state index is 0. The Kier molecular flexibility index (Phi) is 8.89. The molecule has 1 unspecified atom stereocenters. The van der Waals surface area contributed by atoms with Crippen LogP contribution in [0.25, 0.3) is 5.57 Å². The van der Waals surface area contributed by atoms with Crippen molar-refractivity contribution in [3.05, 3.63) is 74.1 Å². The van der Waals surface area contributed by atoms with Crippen molar-refractivity contribution in [2.24, 2.45) is 0 Å². The van der Waals surface area contributed by atoms with Gasteiger partial charge in [0.15, 0.2) is 17.6 Å². The van der Waals surface area contributed by atoms with Crippen LogP contribution in [-0.2, 0) is 9.53 Å². The van der Waals surface area contributed by atoms with Crippen LogP contribution in [0.3, 0.4) is 0 Å². The van der Waals surface area contributed by atoms with E-state index in [0.29, 0.717) is 18.8 Å². The monoisotopic (exact) mass is 531 g/mol. The Hall–Kier alpha value is -2.32. The van der Waals surface area contributed by atoms with E-state index >= 15 is 0 Å². The Bertz CT molecular complexity index is 1100. The average Bonchev–Trinajstić information content (AvgIpc) is 3.58. The van der Waals surface area contributed by atoms with Crippen molar-refractivity contribution in [1.29, 1.82) is 0 Å². The van der Waals surface area contributed by atoms with Gasteiger partial charge in [0.2, 0.25) is 0 Å². The Morgan fingerprint density at radius 1 is 1.06 bits per heavy atom. The largest absolute Gasteiger partial charge is 1.00 e. The predicted octanol–water partition coefficient (Wildman–Crippen LogP) is 1.38. The number of likely N-dealkylation sites (tertiary alicyclic amines) is 1. The third-order valence-electron chi connectivity index (χ3n) is 6.46. The van der Waals surface area contributed by atoms with Gasteiger partial charge >= 0.3 is 5.97 Å². The van der Waals surface area contributed by atoms with Crippen LogP contribution in [0.1, 0.15) is 36.0 Å². The van der Waals surface area contributed by atoms with E-state index in [1.54, 1.807) is 22.7 Å². The van der Waals surface area contributed by atoms with Gasteiger partial charge in [0.25, 0.3) is 0 Å². The van der Waals surface area contributed by atoms with Gasteiger partial charge in [0.1, 0.15) is 13.2 Å². The van der Waals surface area contributed by atoms with Gasteiger partial charge in [-0.05, 0) is 75.0 Å². The molecule has 1 N–H and O–H groups in total. The number of carbonyl (C=O) groups is 1. The lowest BCUT2D eigenvalue weighted by Crippen LogP contribution is -3.13. The standard InChI is InChI=1S/C27H29NO4S2.ClH/c1-19-2-3-24-25(14-19)30-15-23(32-24)16-31-26(29)6-11-28-9-4-20(5-10-28)27(21-7-12-33-17-21)22-8-13-34-18-22;/h2-3,7-8,12-14,17-18,23H,4-6,9-11,15-16H2,1H3;1H. The third-order valence-corrected chi connectivity index (χ3v) is 7.83. The number of quaternary nitrogens is 1. The molecule has 1 atom stereocenters. The van der Waals surface area contributed by atoms with Crippen molar-refractivity contribution in [2.45, 2.75) is 32.3 Å². The molecule has 1 saturated heterocycles. The first-order valence-electron chi connectivity index (χ1n) is 11.8. The number of halogens is 1. The number of hydrogen-bond acceptors (Lipinski definition) is 6. The molecule has 2 aliphatic heterocycles. The summed E-state index contributed by atoms with van der Waals surface area (Å²) in [7, 11) is 0. The zero-order valence-corrected chi connectivity index (χ0v) is 22.1. The van der Waals surface area contributed by atoms with Crippen LogP contribution in [0.4, 0.5) is 0 Å². The summed E-state index contributed by atoms with van der Waals surface area (Å²) in [6.45, 7) is 5.55. The zero-order chi connectivity index (χ0) is 23.3. The number of nitrogens with one attached hydrogen (secondary N) is 1. The number of thiophene rings is 2. The molecule has 5 rings (SSSR count). The zero-order valence-electron chi connectivity index (χ0n) is 19.8. The molecule has 2 aromatic heterocycles. The molecule has 3 aromatic rings. The van der Waals surface area contributed by atoms with E-state index in [9.17, 15) is 4.79 Å². The summed E-state index contributed by atoms with van der Waals surface area (Å²) in [5, 5.41) is 8.79. The van der Waals surface area contributed by atoms with Gasteiger partial charge in [-0.25, -0.2) is 0 Å². The number of carbonyl (C=O) groups excluding carboxylic acids is 1. The van der Waals surface area contributed by atoms with Gasteiger partial charge < -0.3 is 31.5 Å². The Balaban J connectivity index is 0.00000289. The maximum atomic E-state index is 12.4. The van der Waals surface area contributed by atoms with Crippen LogP contribution >= 0.6 is 22.7 Å². The van der Waals surface area contributed by atoms with E-state index in [1.165, 1.54) is 27.2 Å². The van der Waals surface area contributed by atoms with E-state index in [-0.39, 0.29) is 31.1 Å². The summed E-state index contributed by atoms with van der Waals surface area (Å²) in [6.07, 6.45) is 2.30. The van der Waals surface area contributed by atoms with Crippen molar-refractivity contribution in [1.82, 2.24) is 0 Å². The molecule has 4 heterocycles. The maximum absolute atomic E-state index is 12.4. The highest BCUT2D eigenvalue weighted by molar-refractivity contribution is 7.08. The van der Waals surface area contributed by atoms with Crippen LogP contribution in [0.2, 0.25) is 0 Å². The fraction of sp³-hybridized carbons (Fsp3) is 0.370. The van der Waals surface area contributed by atoms with E-state index < -0.39 is 0 Å². The van der Waals surface area contributed by atoms with Gasteiger partial charge in [-0.1, -0.05) is 11.6 Å². The van der Waals surface area contributed by atoms with Crippen LogP contribution in [0, 0.1) is 6.92 Å². The van der Waals surface area contributed by atoms with Crippen LogP contribution in [0.5, 0.6) is 11.5 Å². The van der Waals surface area contributed by atoms with E-state index in [0.717, 1.165) is 43.8 Å². The van der Waals surface area contributed by atoms with Gasteiger partial charge in [0.05, 0.1) is 26.1 Å². The second-order valence-electron chi connectivity index (χ2n) is 8.94. The molecular weight excluding hydrogens is 502 g/mol. The normalized spacial score (nSPS) is 19.1. The highest BCUT2D eigenvalue weighted by atomic mass is 35.5. The number of aryl methyl sites for hydroxylation is 1. The van der Waals surface area contributed by atoms with Crippen LogP contribution in [0.15, 0.2) is 57.4 Å². The highest BCUT2D eigenvalue weighted by Crippen LogP contribution is 2.33. The Morgan fingerprint density at radius 2 is 1.77 bits per heavy atom. The number of benzene rings is 1. The molecule has 35 heavy (non-hydrogen) atoms. The summed E-state index contributed by atoms with van der Waals surface area (Å²) in [4.78, 5) is 13.8. The smallest absolute Gasteiger partial charge is 0.311 e. The van der Waals surface area contributed by atoms with Gasteiger partial charge in [-0.2, -0.15) is 22.7 Å². The third kappa shape index (κ3) is 6.47. The predicted molar refractivity (Wildman–Crippen MR) is 136 cm³/mol. The minimum Gasteiger partial charge on any atom is -1.00 e. The summed E-state index contributed by atoms with van der Waals surface area (Å²) in [5.41, 5.74) is 6.74. The summed E-state index contributed by atoms with van der Waals surface area (Å²) < 4.78 is 17.2. The second-order valence-corrected chi connectivity index (χ2v) is 10.5. The molecule has 2 aliphatic rings. The summed E-state index contributed by atoms with van der Waals surface area (Å²) >= 11 is 3.50. The lowest BCUT2D eigenvalue weighted by molar-refractivity contribution is -0.902. The average molecular weight is 532 g/mol. The molecule has 0 radical (unpaired) electrons. The van der Waals surface area contributed by atoms with Gasteiger partial charge in [-0.3, -0.25) is 4.79 Å². The molecule has 0 aliphatic carbocycles. The number of ether oxygens (including phenoxy) is 3. The number of fused-ring (bicyclic) bond motifs is 1. The van der Waals surface area contributed by atoms with Crippen molar-refractivity contribution in [2.75, 3.05) is 32.8 Å². The number of rotatable bonds is 7. The number of piperidine rings is 1. The summed E-state index contributed by atoms with van der Waals surface area (Å²) in [6, 6.07) is 10.3. The van der Waals surface area contributed by atoms with E-state index in [1.807, 2.05) is 25.1 Å². The molecular formula is C27H30ClNO4S2. The first-order valence-corrected chi connectivity index (χ1v) is 13.7. The van der Waals surface area contributed by atoms with Gasteiger partial charge in [-0.15, -0.1) is 0 Å². The molecule has 1 fully saturated rings. The molecule has 8 heteroatoms. The van der Waals surface area contributed by atoms with E-state index in [4.69, 9.17) is 14.2 Å². The van der Waals surface area contributed by atoms with Gasteiger partial charge in [0, 0.05) is 12.8 Å². The second kappa shape index (κ2) is 12.1. The van der Waals surface area contributed by atoms with Crippen molar-refractivity contribution in [3.8, 4) is 11.5 Å².